The van der Waals surface area contributed by atoms with E-state index in [-0.39, 0.29) is 5.56 Å². The van der Waals surface area contributed by atoms with Crippen molar-refractivity contribution in [3.63, 3.8) is 0 Å². The molecule has 0 heterocycles. The Balaban J connectivity index is 3.04. The number of carbonyl (C=O) groups excluding carboxylic acids is 2. The highest BCUT2D eigenvalue weighted by molar-refractivity contribution is 5.98. The molecule has 0 atom stereocenters. The van der Waals surface area contributed by atoms with Crippen LogP contribution in [0.3, 0.4) is 0 Å². The third-order valence-electron chi connectivity index (χ3n) is 2.32. The second-order valence-corrected chi connectivity index (χ2v) is 4.00. The first-order chi connectivity index (χ1) is 8.81. The molecule has 0 aliphatic heterocycles. The average molecular weight is 268 g/mol. The van der Waals surface area contributed by atoms with Crippen LogP contribution in [0.15, 0.2) is 18.2 Å². The lowest BCUT2D eigenvalue weighted by Gasteiger charge is -2.19. The van der Waals surface area contributed by atoms with E-state index in [1.54, 1.807) is 6.92 Å². The van der Waals surface area contributed by atoms with Gasteiger partial charge in [0.2, 0.25) is 5.91 Å². The first-order valence-corrected chi connectivity index (χ1v) is 5.36. The second-order valence-electron chi connectivity index (χ2n) is 4.00. The molecule has 0 bridgehead atoms. The van der Waals surface area contributed by atoms with E-state index in [0.29, 0.717) is 10.5 Å². The topological polar surface area (TPSA) is 101 Å². The van der Waals surface area contributed by atoms with Crippen LogP contribution in [0.2, 0.25) is 0 Å². The minimum atomic E-state index is -1.32. The van der Waals surface area contributed by atoms with Gasteiger partial charge in [0.1, 0.15) is 18.9 Å². The third-order valence-corrected chi connectivity index (χ3v) is 2.32. The van der Waals surface area contributed by atoms with E-state index in [9.17, 15) is 18.8 Å². The number of primary amides is 1. The van der Waals surface area contributed by atoms with Crippen molar-refractivity contribution in [3.8, 4) is 0 Å². The van der Waals surface area contributed by atoms with E-state index in [2.05, 4.69) is 0 Å². The summed E-state index contributed by atoms with van der Waals surface area (Å²) >= 11 is 0. The van der Waals surface area contributed by atoms with Crippen molar-refractivity contribution in [2.45, 2.75) is 6.92 Å². The number of nitrogens with zero attached hydrogens (tertiary/aromatic N) is 1. The smallest absolute Gasteiger partial charge is 0.323 e. The fourth-order valence-electron chi connectivity index (χ4n) is 1.51. The lowest BCUT2D eigenvalue weighted by molar-refractivity contribution is -0.138. The number of halogens is 1. The number of hydrogen-bond donors (Lipinski definition) is 2. The molecule has 0 spiro atoms. The number of benzene rings is 1. The van der Waals surface area contributed by atoms with Crippen LogP contribution in [0.1, 0.15) is 15.9 Å². The van der Waals surface area contributed by atoms with Crippen molar-refractivity contribution < 1.29 is 23.9 Å². The molecule has 19 heavy (non-hydrogen) atoms. The summed E-state index contributed by atoms with van der Waals surface area (Å²) in [6.07, 6.45) is 0. The molecule has 0 unspecified atom stereocenters. The molecule has 0 aliphatic rings. The van der Waals surface area contributed by atoms with Gasteiger partial charge in [0.25, 0.3) is 5.91 Å². The van der Waals surface area contributed by atoms with Crippen LogP contribution in [-0.4, -0.2) is 40.9 Å². The maximum atomic E-state index is 13.6. The maximum absolute atomic E-state index is 13.6. The van der Waals surface area contributed by atoms with Crippen LogP contribution in [0.5, 0.6) is 0 Å². The number of carboxylic acid groups (broad SMARTS) is 1. The van der Waals surface area contributed by atoms with Crippen LogP contribution >= 0.6 is 0 Å². The van der Waals surface area contributed by atoms with Crippen molar-refractivity contribution in [2.75, 3.05) is 13.1 Å². The SMILES string of the molecule is Cc1ccc(C(=O)N(CC(N)=O)CC(=O)O)c(F)c1. The van der Waals surface area contributed by atoms with Gasteiger partial charge >= 0.3 is 5.97 Å². The van der Waals surface area contributed by atoms with Crippen molar-refractivity contribution in [1.29, 1.82) is 0 Å². The van der Waals surface area contributed by atoms with E-state index in [1.807, 2.05) is 0 Å². The van der Waals surface area contributed by atoms with E-state index >= 15 is 0 Å². The Morgan fingerprint density at radius 2 is 1.95 bits per heavy atom. The summed E-state index contributed by atoms with van der Waals surface area (Å²) in [6.45, 7) is 0.337. The summed E-state index contributed by atoms with van der Waals surface area (Å²) in [5, 5.41) is 8.67. The number of nitrogens with two attached hydrogens (primary N) is 1. The van der Waals surface area contributed by atoms with Crippen LogP contribution < -0.4 is 5.73 Å². The van der Waals surface area contributed by atoms with Gasteiger partial charge in [-0.15, -0.1) is 0 Å². The van der Waals surface area contributed by atoms with Gasteiger partial charge in [-0.1, -0.05) is 6.07 Å². The number of hydrogen-bond acceptors (Lipinski definition) is 3. The molecular formula is C12H13FN2O4. The van der Waals surface area contributed by atoms with Gasteiger partial charge in [-0.2, -0.15) is 0 Å². The Bertz CT molecular complexity index is 514. The number of carbonyl (C=O) groups is 3. The van der Waals surface area contributed by atoms with Crippen molar-refractivity contribution in [1.82, 2.24) is 4.90 Å². The first-order valence-electron chi connectivity index (χ1n) is 5.36. The Hall–Kier alpha value is -2.44. The van der Waals surface area contributed by atoms with Gasteiger partial charge in [0.15, 0.2) is 0 Å². The van der Waals surface area contributed by atoms with E-state index in [0.717, 1.165) is 6.07 Å². The summed E-state index contributed by atoms with van der Waals surface area (Å²) in [7, 11) is 0. The normalized spacial score (nSPS) is 10.0. The van der Waals surface area contributed by atoms with E-state index in [1.165, 1.54) is 12.1 Å². The van der Waals surface area contributed by atoms with Gasteiger partial charge in [-0.25, -0.2) is 4.39 Å². The first kappa shape index (κ1) is 14.6. The molecule has 0 radical (unpaired) electrons. The minimum absolute atomic E-state index is 0.298. The molecule has 1 rings (SSSR count). The third kappa shape index (κ3) is 4.06. The highest BCUT2D eigenvalue weighted by Crippen LogP contribution is 2.12. The Morgan fingerprint density at radius 3 is 2.42 bits per heavy atom. The number of aliphatic carboxylic acids is 1. The Morgan fingerprint density at radius 1 is 1.32 bits per heavy atom. The standard InChI is InChI=1S/C12H13FN2O4/c1-7-2-3-8(9(13)4-7)12(19)15(5-10(14)16)6-11(17)18/h2-4H,5-6H2,1H3,(H2,14,16)(H,17,18). The van der Waals surface area contributed by atoms with Gasteiger partial charge in [0.05, 0.1) is 5.56 Å². The van der Waals surface area contributed by atoms with Crippen LogP contribution in [0.25, 0.3) is 0 Å². The predicted octanol–water partition coefficient (Wildman–Crippen LogP) is 0.146. The molecule has 7 heteroatoms. The summed E-state index contributed by atoms with van der Waals surface area (Å²) in [6, 6.07) is 3.90. The highest BCUT2D eigenvalue weighted by atomic mass is 19.1. The number of rotatable bonds is 5. The average Bonchev–Trinajstić information content (AvgIpc) is 2.26. The summed E-state index contributed by atoms with van der Waals surface area (Å²) in [5.74, 6) is -3.85. The fraction of sp³-hybridized carbons (Fsp3) is 0.250. The van der Waals surface area contributed by atoms with Crippen LogP contribution in [0.4, 0.5) is 4.39 Å². The number of aryl methyl sites for hydroxylation is 1. The predicted molar refractivity (Wildman–Crippen MR) is 63.9 cm³/mol. The van der Waals surface area contributed by atoms with Gasteiger partial charge in [0, 0.05) is 0 Å². The van der Waals surface area contributed by atoms with Crippen LogP contribution in [0, 0.1) is 12.7 Å². The Labute approximate surface area is 108 Å². The van der Waals surface area contributed by atoms with Gasteiger partial charge in [-0.3, -0.25) is 14.4 Å². The minimum Gasteiger partial charge on any atom is -0.480 e. The molecule has 2 amide bonds. The molecule has 102 valence electrons. The Kier molecular flexibility index (Phi) is 4.57. The number of amides is 2. The zero-order chi connectivity index (χ0) is 14.6. The summed E-state index contributed by atoms with van der Waals surface area (Å²) in [5.41, 5.74) is 5.25. The second kappa shape index (κ2) is 5.94. The quantitative estimate of drug-likeness (QED) is 0.793. The molecule has 1 aromatic carbocycles. The molecule has 0 saturated heterocycles. The van der Waals surface area contributed by atoms with Gasteiger partial charge < -0.3 is 15.7 Å². The largest absolute Gasteiger partial charge is 0.480 e. The van der Waals surface area contributed by atoms with Gasteiger partial charge in [-0.05, 0) is 24.6 Å². The lowest BCUT2D eigenvalue weighted by atomic mass is 10.1. The highest BCUT2D eigenvalue weighted by Gasteiger charge is 2.22. The summed E-state index contributed by atoms with van der Waals surface area (Å²) < 4.78 is 13.6. The molecule has 3 N–H and O–H groups in total. The molecule has 0 aromatic heterocycles. The van der Waals surface area contributed by atoms with Crippen molar-refractivity contribution >= 4 is 17.8 Å². The lowest BCUT2D eigenvalue weighted by Crippen LogP contribution is -2.41. The molecule has 1 aromatic rings. The number of carboxylic acids is 1. The molecule has 0 aliphatic carbocycles. The maximum Gasteiger partial charge on any atom is 0.323 e. The van der Waals surface area contributed by atoms with Crippen LogP contribution in [-0.2, 0) is 9.59 Å². The van der Waals surface area contributed by atoms with Crippen molar-refractivity contribution in [3.05, 3.63) is 35.1 Å². The molecule has 0 saturated carbocycles. The zero-order valence-corrected chi connectivity index (χ0v) is 10.2. The molecular weight excluding hydrogens is 255 g/mol. The monoisotopic (exact) mass is 268 g/mol. The van der Waals surface area contributed by atoms with E-state index in [4.69, 9.17) is 10.8 Å². The molecule has 0 fully saturated rings. The van der Waals surface area contributed by atoms with E-state index < -0.39 is 36.7 Å². The molecule has 6 nitrogen and oxygen atoms in total. The summed E-state index contributed by atoms with van der Waals surface area (Å²) in [4.78, 5) is 34.1. The van der Waals surface area contributed by atoms with Crippen molar-refractivity contribution in [2.24, 2.45) is 5.73 Å². The fourth-order valence-corrected chi connectivity index (χ4v) is 1.51. The zero-order valence-electron chi connectivity index (χ0n) is 10.2.